The Morgan fingerprint density at radius 3 is 2.47 bits per heavy atom. The van der Waals surface area contributed by atoms with Gasteiger partial charge in [0.25, 0.3) is 0 Å². The molecule has 17 heavy (non-hydrogen) atoms. The second-order valence-corrected chi connectivity index (χ2v) is 3.98. The van der Waals surface area contributed by atoms with Crippen molar-refractivity contribution in [3.05, 3.63) is 47.2 Å². The highest BCUT2D eigenvalue weighted by Crippen LogP contribution is 2.27. The van der Waals surface area contributed by atoms with Crippen molar-refractivity contribution in [3.63, 3.8) is 0 Å². The van der Waals surface area contributed by atoms with Gasteiger partial charge in [0.1, 0.15) is 11.6 Å². The Bertz CT molecular complexity index is 580. The highest BCUT2D eigenvalue weighted by Gasteiger charge is 2.15. The fourth-order valence-corrected chi connectivity index (χ4v) is 1.59. The number of pyridine rings is 1. The van der Waals surface area contributed by atoms with Crippen LogP contribution in [0.15, 0.2) is 24.4 Å². The summed E-state index contributed by atoms with van der Waals surface area (Å²) in [6.07, 6.45) is 1.41. The maximum atomic E-state index is 13.9. The molecule has 1 aromatic heterocycles. The summed E-state index contributed by atoms with van der Waals surface area (Å²) < 4.78 is 27.5. The fraction of sp³-hybridized carbons (Fsp3) is 0.154. The van der Waals surface area contributed by atoms with Gasteiger partial charge in [0.05, 0.1) is 23.1 Å². The van der Waals surface area contributed by atoms with Crippen molar-refractivity contribution >= 4 is 5.69 Å². The van der Waals surface area contributed by atoms with Crippen molar-refractivity contribution in [1.29, 1.82) is 0 Å². The first kappa shape index (κ1) is 11.5. The van der Waals surface area contributed by atoms with Gasteiger partial charge in [-0.25, -0.2) is 8.78 Å². The summed E-state index contributed by atoms with van der Waals surface area (Å²) in [6, 6.07) is 4.22. The van der Waals surface area contributed by atoms with Crippen LogP contribution in [-0.4, -0.2) is 4.98 Å². The van der Waals surface area contributed by atoms with Crippen molar-refractivity contribution in [3.8, 4) is 11.3 Å². The second-order valence-electron chi connectivity index (χ2n) is 3.98. The molecule has 0 aliphatic heterocycles. The van der Waals surface area contributed by atoms with Gasteiger partial charge in [0.2, 0.25) is 0 Å². The Labute approximate surface area is 98.1 Å². The fourth-order valence-electron chi connectivity index (χ4n) is 1.59. The van der Waals surface area contributed by atoms with Crippen LogP contribution in [0, 0.1) is 25.5 Å². The van der Waals surface area contributed by atoms with Crippen LogP contribution in [0.1, 0.15) is 11.1 Å². The SMILES string of the molecule is Cc1cc(-c2c(F)ccc(C)c2F)ncc1N. The van der Waals surface area contributed by atoms with Crippen molar-refractivity contribution in [2.24, 2.45) is 0 Å². The quantitative estimate of drug-likeness (QED) is 0.822. The molecule has 0 saturated carbocycles. The van der Waals surface area contributed by atoms with Crippen molar-refractivity contribution < 1.29 is 8.78 Å². The molecule has 0 bridgehead atoms. The van der Waals surface area contributed by atoms with Gasteiger partial charge in [0.15, 0.2) is 0 Å². The summed E-state index contributed by atoms with van der Waals surface area (Å²) in [7, 11) is 0. The van der Waals surface area contributed by atoms with E-state index in [4.69, 9.17) is 5.73 Å². The third-order valence-electron chi connectivity index (χ3n) is 2.69. The Hall–Kier alpha value is -1.97. The summed E-state index contributed by atoms with van der Waals surface area (Å²) in [4.78, 5) is 3.97. The Morgan fingerprint density at radius 2 is 1.82 bits per heavy atom. The van der Waals surface area contributed by atoms with Crippen molar-refractivity contribution in [2.45, 2.75) is 13.8 Å². The van der Waals surface area contributed by atoms with Gasteiger partial charge >= 0.3 is 0 Å². The predicted octanol–water partition coefficient (Wildman–Crippen LogP) is 3.23. The number of rotatable bonds is 1. The van der Waals surface area contributed by atoms with Gasteiger partial charge in [-0.3, -0.25) is 4.98 Å². The lowest BCUT2D eigenvalue weighted by molar-refractivity contribution is 0.583. The van der Waals surface area contributed by atoms with E-state index in [1.54, 1.807) is 19.9 Å². The second kappa shape index (κ2) is 4.13. The molecule has 2 nitrogen and oxygen atoms in total. The average Bonchev–Trinajstić information content (AvgIpc) is 2.29. The average molecular weight is 234 g/mol. The van der Waals surface area contributed by atoms with Crippen LogP contribution in [0.5, 0.6) is 0 Å². The molecule has 0 saturated heterocycles. The van der Waals surface area contributed by atoms with Gasteiger partial charge in [0, 0.05) is 0 Å². The van der Waals surface area contributed by atoms with Crippen LogP contribution in [0.2, 0.25) is 0 Å². The van der Waals surface area contributed by atoms with E-state index in [2.05, 4.69) is 4.98 Å². The van der Waals surface area contributed by atoms with E-state index < -0.39 is 11.6 Å². The van der Waals surface area contributed by atoms with Crippen LogP contribution in [-0.2, 0) is 0 Å². The molecular formula is C13H12F2N2. The van der Waals surface area contributed by atoms with Crippen LogP contribution in [0.3, 0.4) is 0 Å². The maximum Gasteiger partial charge on any atom is 0.138 e. The minimum Gasteiger partial charge on any atom is -0.397 e. The van der Waals surface area contributed by atoms with Crippen LogP contribution < -0.4 is 5.73 Å². The molecule has 0 unspecified atom stereocenters. The highest BCUT2D eigenvalue weighted by molar-refractivity contribution is 5.65. The number of nitrogen functional groups attached to an aromatic ring is 1. The number of aryl methyl sites for hydroxylation is 2. The molecular weight excluding hydrogens is 222 g/mol. The van der Waals surface area contributed by atoms with Gasteiger partial charge in [-0.15, -0.1) is 0 Å². The zero-order valence-corrected chi connectivity index (χ0v) is 9.59. The van der Waals surface area contributed by atoms with Crippen LogP contribution in [0.25, 0.3) is 11.3 Å². The number of nitrogens with two attached hydrogens (primary N) is 1. The van der Waals surface area contributed by atoms with Crippen LogP contribution in [0.4, 0.5) is 14.5 Å². The van der Waals surface area contributed by atoms with E-state index in [0.29, 0.717) is 11.3 Å². The molecule has 0 aliphatic rings. The lowest BCUT2D eigenvalue weighted by Gasteiger charge is -2.08. The van der Waals surface area contributed by atoms with E-state index in [1.165, 1.54) is 18.3 Å². The molecule has 0 fully saturated rings. The molecule has 88 valence electrons. The third kappa shape index (κ3) is 1.98. The molecule has 0 amide bonds. The lowest BCUT2D eigenvalue weighted by atomic mass is 10.0. The molecule has 0 radical (unpaired) electrons. The number of nitrogens with zero attached hydrogens (tertiary/aromatic N) is 1. The third-order valence-corrected chi connectivity index (χ3v) is 2.69. The van der Waals surface area contributed by atoms with Gasteiger partial charge < -0.3 is 5.73 Å². The zero-order valence-electron chi connectivity index (χ0n) is 9.59. The molecule has 1 heterocycles. The Morgan fingerprint density at radius 1 is 1.12 bits per heavy atom. The summed E-state index contributed by atoms with van der Waals surface area (Å²) in [5.74, 6) is -1.20. The Kier molecular flexibility index (Phi) is 2.79. The topological polar surface area (TPSA) is 38.9 Å². The minimum atomic E-state index is -0.621. The van der Waals surface area contributed by atoms with Crippen molar-refractivity contribution in [1.82, 2.24) is 4.98 Å². The van der Waals surface area contributed by atoms with Crippen LogP contribution >= 0.6 is 0 Å². The molecule has 4 heteroatoms. The largest absolute Gasteiger partial charge is 0.397 e. The Balaban J connectivity index is 2.68. The molecule has 0 aliphatic carbocycles. The number of anilines is 1. The molecule has 2 aromatic rings. The molecule has 0 atom stereocenters. The molecule has 0 spiro atoms. The van der Waals surface area contributed by atoms with E-state index in [9.17, 15) is 8.78 Å². The van der Waals surface area contributed by atoms with Gasteiger partial charge in [-0.1, -0.05) is 6.07 Å². The first-order chi connectivity index (χ1) is 8.00. The highest BCUT2D eigenvalue weighted by atomic mass is 19.1. The van der Waals surface area contributed by atoms with Gasteiger partial charge in [-0.05, 0) is 37.1 Å². The molecule has 1 aromatic carbocycles. The predicted molar refractivity (Wildman–Crippen MR) is 63.5 cm³/mol. The number of benzene rings is 1. The summed E-state index contributed by atoms with van der Waals surface area (Å²) >= 11 is 0. The van der Waals surface area contributed by atoms with E-state index >= 15 is 0 Å². The number of aromatic nitrogens is 1. The van der Waals surface area contributed by atoms with E-state index in [0.717, 1.165) is 5.56 Å². The standard InChI is InChI=1S/C13H12F2N2/c1-7-3-4-9(14)12(13(7)15)11-5-8(2)10(16)6-17-11/h3-6H,16H2,1-2H3. The normalized spacial score (nSPS) is 10.6. The summed E-state index contributed by atoms with van der Waals surface area (Å²) in [5.41, 5.74) is 7.41. The number of hydrogen-bond acceptors (Lipinski definition) is 2. The summed E-state index contributed by atoms with van der Waals surface area (Å²) in [5, 5.41) is 0. The zero-order chi connectivity index (χ0) is 12.6. The van der Waals surface area contributed by atoms with Gasteiger partial charge in [-0.2, -0.15) is 0 Å². The molecule has 2 rings (SSSR count). The smallest absolute Gasteiger partial charge is 0.138 e. The minimum absolute atomic E-state index is 0.104. The summed E-state index contributed by atoms with van der Waals surface area (Å²) in [6.45, 7) is 3.36. The van der Waals surface area contributed by atoms with Crippen molar-refractivity contribution in [2.75, 3.05) is 5.73 Å². The first-order valence-electron chi connectivity index (χ1n) is 5.18. The monoisotopic (exact) mass is 234 g/mol. The number of halogens is 2. The first-order valence-corrected chi connectivity index (χ1v) is 5.18. The molecule has 2 N–H and O–H groups in total. The number of hydrogen-bond donors (Lipinski definition) is 1. The van der Waals surface area contributed by atoms with E-state index in [-0.39, 0.29) is 11.3 Å². The maximum absolute atomic E-state index is 13.9. The lowest BCUT2D eigenvalue weighted by Crippen LogP contribution is -1.98. The van der Waals surface area contributed by atoms with E-state index in [1.807, 2.05) is 0 Å².